The van der Waals surface area contributed by atoms with Gasteiger partial charge in [0.05, 0.1) is 0 Å². The van der Waals surface area contributed by atoms with Crippen molar-refractivity contribution in [3.05, 3.63) is 11.9 Å². The van der Waals surface area contributed by atoms with E-state index in [1.165, 1.54) is 25.7 Å². The molecule has 0 atom stereocenters. The fourth-order valence-corrected chi connectivity index (χ4v) is 2.00. The molecule has 0 spiro atoms. The van der Waals surface area contributed by atoms with Gasteiger partial charge in [-0.05, 0) is 26.2 Å². The van der Waals surface area contributed by atoms with E-state index < -0.39 is 0 Å². The minimum absolute atomic E-state index is 0.543. The van der Waals surface area contributed by atoms with E-state index in [2.05, 4.69) is 34.1 Å². The monoisotopic (exact) mass is 249 g/mol. The average molecular weight is 249 g/mol. The Kier molecular flexibility index (Phi) is 4.36. The molecule has 5 heteroatoms. The van der Waals surface area contributed by atoms with Crippen LogP contribution in [0.5, 0.6) is 0 Å². The van der Waals surface area contributed by atoms with Gasteiger partial charge in [-0.15, -0.1) is 0 Å². The molecule has 0 saturated heterocycles. The molecule has 1 aromatic rings. The van der Waals surface area contributed by atoms with Crippen LogP contribution >= 0.6 is 0 Å². The summed E-state index contributed by atoms with van der Waals surface area (Å²) in [5.74, 6) is 8.69. The number of nitrogens with zero attached hydrogens (tertiary/aromatic N) is 3. The quantitative estimate of drug-likeness (QED) is 0.573. The van der Waals surface area contributed by atoms with Crippen LogP contribution in [-0.2, 0) is 0 Å². The van der Waals surface area contributed by atoms with E-state index in [-0.39, 0.29) is 0 Å². The van der Waals surface area contributed by atoms with Crippen LogP contribution < -0.4 is 16.2 Å². The first-order valence-corrected chi connectivity index (χ1v) is 6.89. The van der Waals surface area contributed by atoms with Gasteiger partial charge in [-0.25, -0.2) is 15.8 Å². The van der Waals surface area contributed by atoms with Gasteiger partial charge in [-0.3, -0.25) is 0 Å². The number of nitrogens with one attached hydrogen (secondary N) is 1. The highest BCUT2D eigenvalue weighted by Gasteiger charge is 2.27. The summed E-state index contributed by atoms with van der Waals surface area (Å²) >= 11 is 0. The van der Waals surface area contributed by atoms with Gasteiger partial charge in [0.25, 0.3) is 0 Å². The molecular formula is C13H23N5. The molecule has 0 aliphatic heterocycles. The number of aromatic nitrogens is 2. The summed E-state index contributed by atoms with van der Waals surface area (Å²) in [4.78, 5) is 11.4. The van der Waals surface area contributed by atoms with Crippen LogP contribution in [0, 0.1) is 0 Å². The Labute approximate surface area is 109 Å². The van der Waals surface area contributed by atoms with Crippen LogP contribution in [0.25, 0.3) is 0 Å². The largest absolute Gasteiger partial charge is 0.357 e. The number of nitrogens with two attached hydrogens (primary N) is 1. The van der Waals surface area contributed by atoms with Gasteiger partial charge in [-0.1, -0.05) is 13.3 Å². The third kappa shape index (κ3) is 3.10. The molecule has 1 aliphatic rings. The van der Waals surface area contributed by atoms with Crippen LogP contribution in [0.2, 0.25) is 0 Å². The minimum Gasteiger partial charge on any atom is -0.357 e. The van der Waals surface area contributed by atoms with Crippen LogP contribution in [0.4, 0.5) is 11.6 Å². The highest BCUT2D eigenvalue weighted by Crippen LogP contribution is 2.39. The molecule has 3 N–H and O–H groups in total. The number of rotatable bonds is 7. The first-order valence-electron chi connectivity index (χ1n) is 6.89. The molecular weight excluding hydrogens is 226 g/mol. The summed E-state index contributed by atoms with van der Waals surface area (Å²) in [6.07, 6.45) is 4.78. The lowest BCUT2D eigenvalue weighted by molar-refractivity contribution is 0.719. The molecule has 0 amide bonds. The van der Waals surface area contributed by atoms with Gasteiger partial charge in [0.2, 0.25) is 0 Å². The molecule has 1 aliphatic carbocycles. The summed E-state index contributed by atoms with van der Waals surface area (Å²) in [5, 5.41) is 0. The van der Waals surface area contributed by atoms with Gasteiger partial charge in [0.1, 0.15) is 17.5 Å². The first kappa shape index (κ1) is 13.1. The second kappa shape index (κ2) is 6.00. The Balaban J connectivity index is 2.20. The minimum atomic E-state index is 0.543. The average Bonchev–Trinajstić information content (AvgIpc) is 3.23. The Morgan fingerprint density at radius 2 is 2.17 bits per heavy atom. The lowest BCUT2D eigenvalue weighted by atomic mass is 10.3. The topological polar surface area (TPSA) is 67.1 Å². The number of hydrogen-bond donors (Lipinski definition) is 2. The zero-order valence-corrected chi connectivity index (χ0v) is 11.3. The van der Waals surface area contributed by atoms with Crippen LogP contribution in [0.15, 0.2) is 6.07 Å². The standard InChI is InChI=1S/C13H23N5/c1-3-5-8-18(4-2)12-9-11(17-14)15-13(16-12)10-6-7-10/h9-10H,3-8,14H2,1-2H3,(H,15,16,17). The maximum atomic E-state index is 5.49. The van der Waals surface area contributed by atoms with Crippen LogP contribution in [-0.4, -0.2) is 23.1 Å². The molecule has 5 nitrogen and oxygen atoms in total. The molecule has 0 unspecified atom stereocenters. The van der Waals surface area contributed by atoms with Gasteiger partial charge in [0, 0.05) is 25.1 Å². The third-order valence-electron chi connectivity index (χ3n) is 3.31. The summed E-state index contributed by atoms with van der Waals surface area (Å²) in [5.41, 5.74) is 2.65. The molecule has 1 heterocycles. The highest BCUT2D eigenvalue weighted by molar-refractivity contribution is 5.49. The zero-order valence-electron chi connectivity index (χ0n) is 11.3. The van der Waals surface area contributed by atoms with E-state index in [9.17, 15) is 0 Å². The van der Waals surface area contributed by atoms with Crippen molar-refractivity contribution in [3.63, 3.8) is 0 Å². The summed E-state index contributed by atoms with van der Waals surface area (Å²) in [6.45, 7) is 6.36. The number of hydrogen-bond acceptors (Lipinski definition) is 5. The third-order valence-corrected chi connectivity index (χ3v) is 3.31. The van der Waals surface area contributed by atoms with E-state index in [0.717, 1.165) is 30.5 Å². The molecule has 0 radical (unpaired) electrons. The maximum absolute atomic E-state index is 5.49. The van der Waals surface area contributed by atoms with Crippen molar-refractivity contribution in [2.75, 3.05) is 23.4 Å². The van der Waals surface area contributed by atoms with E-state index in [4.69, 9.17) is 5.84 Å². The van der Waals surface area contributed by atoms with Crippen LogP contribution in [0.3, 0.4) is 0 Å². The molecule has 1 aromatic heterocycles. The van der Waals surface area contributed by atoms with Crippen molar-refractivity contribution < 1.29 is 0 Å². The molecule has 0 aromatic carbocycles. The molecule has 18 heavy (non-hydrogen) atoms. The fourth-order valence-electron chi connectivity index (χ4n) is 2.00. The second-order valence-electron chi connectivity index (χ2n) is 4.82. The van der Waals surface area contributed by atoms with Gasteiger partial charge >= 0.3 is 0 Å². The van der Waals surface area contributed by atoms with Crippen molar-refractivity contribution in [3.8, 4) is 0 Å². The smallest absolute Gasteiger partial charge is 0.145 e. The lowest BCUT2D eigenvalue weighted by Gasteiger charge is -2.22. The second-order valence-corrected chi connectivity index (χ2v) is 4.82. The Bertz CT molecular complexity index is 389. The van der Waals surface area contributed by atoms with Crippen molar-refractivity contribution in [1.29, 1.82) is 0 Å². The number of hydrazine groups is 1. The summed E-state index contributed by atoms with van der Waals surface area (Å²) in [7, 11) is 0. The van der Waals surface area contributed by atoms with Crippen molar-refractivity contribution >= 4 is 11.6 Å². The van der Waals surface area contributed by atoms with Gasteiger partial charge in [0.15, 0.2) is 0 Å². The van der Waals surface area contributed by atoms with E-state index in [1.807, 2.05) is 6.07 Å². The summed E-state index contributed by atoms with van der Waals surface area (Å²) < 4.78 is 0. The fraction of sp³-hybridized carbons (Fsp3) is 0.692. The molecule has 1 fully saturated rings. The van der Waals surface area contributed by atoms with Crippen molar-refractivity contribution in [2.24, 2.45) is 5.84 Å². The van der Waals surface area contributed by atoms with E-state index >= 15 is 0 Å². The van der Waals surface area contributed by atoms with Gasteiger partial charge in [-0.2, -0.15) is 0 Å². The Morgan fingerprint density at radius 1 is 1.39 bits per heavy atom. The van der Waals surface area contributed by atoms with E-state index in [1.54, 1.807) is 0 Å². The zero-order chi connectivity index (χ0) is 13.0. The summed E-state index contributed by atoms with van der Waals surface area (Å²) in [6, 6.07) is 1.94. The predicted molar refractivity (Wildman–Crippen MR) is 74.6 cm³/mol. The normalized spacial score (nSPS) is 14.6. The highest BCUT2D eigenvalue weighted by atomic mass is 15.3. The molecule has 0 bridgehead atoms. The Morgan fingerprint density at radius 3 is 2.72 bits per heavy atom. The number of anilines is 2. The van der Waals surface area contributed by atoms with Gasteiger partial charge < -0.3 is 10.3 Å². The predicted octanol–water partition coefficient (Wildman–Crippen LogP) is 2.27. The number of nitrogen functional groups attached to an aromatic ring is 1. The van der Waals surface area contributed by atoms with E-state index in [0.29, 0.717) is 5.92 Å². The number of unbranched alkanes of at least 4 members (excludes halogenated alkanes) is 1. The maximum Gasteiger partial charge on any atom is 0.145 e. The van der Waals surface area contributed by atoms with Crippen LogP contribution in [0.1, 0.15) is 51.3 Å². The SMILES string of the molecule is CCCCN(CC)c1cc(NN)nc(C2CC2)n1. The molecule has 2 rings (SSSR count). The molecule has 100 valence electrons. The van der Waals surface area contributed by atoms with Crippen molar-refractivity contribution in [1.82, 2.24) is 9.97 Å². The first-order chi connectivity index (χ1) is 8.78. The Hall–Kier alpha value is -1.36. The molecule has 1 saturated carbocycles. The van der Waals surface area contributed by atoms with Crippen molar-refractivity contribution in [2.45, 2.75) is 45.4 Å². The lowest BCUT2D eigenvalue weighted by Crippen LogP contribution is -2.26.